The molecular weight excluding hydrogens is 479 g/mol. The van der Waals surface area contributed by atoms with Crippen LogP contribution in [-0.4, -0.2) is 28.3 Å². The van der Waals surface area contributed by atoms with Crippen LogP contribution < -0.4 is 9.64 Å². The van der Waals surface area contributed by atoms with Gasteiger partial charge in [-0.25, -0.2) is 9.37 Å². The zero-order valence-electron chi connectivity index (χ0n) is 21.2. The number of hydrogen-bond donors (Lipinski definition) is 0. The van der Waals surface area contributed by atoms with Crippen LogP contribution in [0.3, 0.4) is 0 Å². The van der Waals surface area contributed by atoms with Crippen LogP contribution in [0.5, 0.6) is 5.75 Å². The molecule has 8 heteroatoms. The van der Waals surface area contributed by atoms with Crippen LogP contribution in [0.2, 0.25) is 0 Å². The summed E-state index contributed by atoms with van der Waals surface area (Å²) in [4.78, 5) is 7.39. The maximum Gasteiger partial charge on any atom is 0.165 e. The van der Waals surface area contributed by atoms with E-state index in [1.54, 1.807) is 7.11 Å². The smallest absolute Gasteiger partial charge is 0.165 e. The lowest BCUT2D eigenvalue weighted by Crippen LogP contribution is -2.28. The molecule has 0 unspecified atom stereocenters. The molecule has 0 saturated heterocycles. The van der Waals surface area contributed by atoms with Crippen molar-refractivity contribution >= 4 is 23.9 Å². The summed E-state index contributed by atoms with van der Waals surface area (Å²) in [6, 6.07) is 12.8. The van der Waals surface area contributed by atoms with Gasteiger partial charge in [-0.15, -0.1) is 12.4 Å². The molecular formula is C28H32ClFN4O2. The maximum atomic E-state index is 13.6. The molecule has 0 saturated carbocycles. The molecule has 36 heavy (non-hydrogen) atoms. The van der Waals surface area contributed by atoms with Crippen molar-refractivity contribution in [3.8, 4) is 16.9 Å². The fourth-order valence-corrected chi connectivity index (χ4v) is 4.84. The Morgan fingerprint density at radius 2 is 1.89 bits per heavy atom. The third-order valence-corrected chi connectivity index (χ3v) is 6.65. The number of anilines is 1. The first-order chi connectivity index (χ1) is 17.0. The molecule has 0 amide bonds. The number of aryl methyl sites for hydroxylation is 2. The van der Waals surface area contributed by atoms with E-state index in [-0.39, 0.29) is 18.2 Å². The van der Waals surface area contributed by atoms with Gasteiger partial charge in [0.25, 0.3) is 0 Å². The van der Waals surface area contributed by atoms with Gasteiger partial charge >= 0.3 is 0 Å². The fraction of sp³-hybridized carbons (Fsp3) is 0.357. The summed E-state index contributed by atoms with van der Waals surface area (Å²) in [5, 5.41) is 5.00. The minimum Gasteiger partial charge on any atom is -0.497 e. The first-order valence-corrected chi connectivity index (χ1v) is 12.1. The topological polar surface area (TPSA) is 51.9 Å². The molecule has 190 valence electrons. The van der Waals surface area contributed by atoms with Crippen LogP contribution in [0.4, 0.5) is 10.2 Å². The normalized spacial score (nSPS) is 12.5. The van der Waals surface area contributed by atoms with Crippen molar-refractivity contribution in [3.63, 3.8) is 0 Å². The Morgan fingerprint density at radius 3 is 2.58 bits per heavy atom. The molecule has 0 aliphatic carbocycles. The Hall–Kier alpha value is -3.16. The van der Waals surface area contributed by atoms with E-state index < -0.39 is 0 Å². The highest BCUT2D eigenvalue weighted by molar-refractivity contribution is 5.85. The van der Waals surface area contributed by atoms with Crippen LogP contribution in [0.1, 0.15) is 47.8 Å². The number of benzene rings is 2. The summed E-state index contributed by atoms with van der Waals surface area (Å²) in [5.41, 5.74) is 8.07. The SMILES string of the molecule is CCCCN(Cc1ccc(F)cc1)c1c2c(nc3c(-c4ccc(OC)cc4C)c(C)nn13)COC2.Cl. The molecule has 1 aliphatic rings. The molecule has 2 aromatic carbocycles. The highest BCUT2D eigenvalue weighted by Gasteiger charge is 2.28. The lowest BCUT2D eigenvalue weighted by atomic mass is 10.0. The third-order valence-electron chi connectivity index (χ3n) is 6.65. The molecule has 0 N–H and O–H groups in total. The summed E-state index contributed by atoms with van der Waals surface area (Å²) in [7, 11) is 1.68. The van der Waals surface area contributed by atoms with Crippen LogP contribution in [0.15, 0.2) is 42.5 Å². The average Bonchev–Trinajstić information content (AvgIpc) is 3.45. The van der Waals surface area contributed by atoms with E-state index in [1.807, 2.05) is 35.7 Å². The van der Waals surface area contributed by atoms with E-state index >= 15 is 0 Å². The van der Waals surface area contributed by atoms with E-state index in [0.717, 1.165) is 75.8 Å². The zero-order chi connectivity index (χ0) is 24.5. The maximum absolute atomic E-state index is 13.6. The van der Waals surface area contributed by atoms with E-state index in [4.69, 9.17) is 19.6 Å². The summed E-state index contributed by atoms with van der Waals surface area (Å²) in [6.45, 7) is 8.82. The first-order valence-electron chi connectivity index (χ1n) is 12.1. The standard InChI is InChI=1S/C28H31FN4O2.ClH/c1-5-6-13-32(15-20-7-9-21(29)10-8-20)28-24-16-35-17-25(24)30-27-26(19(3)31-33(27)28)23-12-11-22(34-4)14-18(23)2;/h7-12,14H,5-6,13,15-17H2,1-4H3;1H. The van der Waals surface area contributed by atoms with Crippen molar-refractivity contribution in [2.24, 2.45) is 0 Å². The average molecular weight is 511 g/mol. The van der Waals surface area contributed by atoms with Crippen LogP contribution >= 0.6 is 12.4 Å². The van der Waals surface area contributed by atoms with Crippen molar-refractivity contribution < 1.29 is 13.9 Å². The number of methoxy groups -OCH3 is 1. The Labute approximate surface area is 217 Å². The van der Waals surface area contributed by atoms with Gasteiger partial charge in [0.1, 0.15) is 17.4 Å². The third kappa shape index (κ3) is 4.77. The molecule has 0 radical (unpaired) electrons. The number of halogens is 2. The lowest BCUT2D eigenvalue weighted by molar-refractivity contribution is 0.133. The van der Waals surface area contributed by atoms with Gasteiger partial charge in [-0.1, -0.05) is 31.5 Å². The molecule has 0 bridgehead atoms. The number of unbranched alkanes of at least 4 members (excludes halogenated alkanes) is 1. The Kier molecular flexibility index (Phi) is 7.81. The van der Waals surface area contributed by atoms with E-state index in [2.05, 4.69) is 24.8 Å². The van der Waals surface area contributed by atoms with E-state index in [9.17, 15) is 4.39 Å². The second kappa shape index (κ2) is 10.8. The number of rotatable bonds is 8. The summed E-state index contributed by atoms with van der Waals surface area (Å²) in [6.07, 6.45) is 2.10. The highest BCUT2D eigenvalue weighted by Crippen LogP contribution is 2.37. The molecule has 3 heterocycles. The predicted octanol–water partition coefficient (Wildman–Crippen LogP) is 6.42. The van der Waals surface area contributed by atoms with Crippen molar-refractivity contribution in [1.82, 2.24) is 14.6 Å². The molecule has 5 rings (SSSR count). The molecule has 0 spiro atoms. The van der Waals surface area contributed by atoms with Gasteiger partial charge in [0.2, 0.25) is 0 Å². The van der Waals surface area contributed by atoms with Gasteiger partial charge in [0.15, 0.2) is 5.65 Å². The monoisotopic (exact) mass is 510 g/mol. The molecule has 0 atom stereocenters. The highest BCUT2D eigenvalue weighted by atomic mass is 35.5. The summed E-state index contributed by atoms with van der Waals surface area (Å²) >= 11 is 0. The molecule has 4 aromatic rings. The largest absolute Gasteiger partial charge is 0.497 e. The fourth-order valence-electron chi connectivity index (χ4n) is 4.84. The van der Waals surface area contributed by atoms with Gasteiger partial charge in [-0.05, 0) is 61.2 Å². The number of aromatic nitrogens is 3. The molecule has 6 nitrogen and oxygen atoms in total. The Balaban J connectivity index is 0.00000304. The quantitative estimate of drug-likeness (QED) is 0.274. The number of ether oxygens (including phenoxy) is 2. The van der Waals surface area contributed by atoms with Crippen LogP contribution in [0, 0.1) is 19.7 Å². The van der Waals surface area contributed by atoms with Gasteiger partial charge in [-0.3, -0.25) is 0 Å². The number of fused-ring (bicyclic) bond motifs is 2. The minimum atomic E-state index is -0.225. The van der Waals surface area contributed by atoms with Gasteiger partial charge in [-0.2, -0.15) is 9.61 Å². The van der Waals surface area contributed by atoms with Crippen molar-refractivity contribution in [1.29, 1.82) is 0 Å². The van der Waals surface area contributed by atoms with Gasteiger partial charge < -0.3 is 14.4 Å². The number of nitrogens with zero attached hydrogens (tertiary/aromatic N) is 4. The van der Waals surface area contributed by atoms with Gasteiger partial charge in [0, 0.05) is 24.2 Å². The van der Waals surface area contributed by atoms with Crippen molar-refractivity contribution in [2.75, 3.05) is 18.6 Å². The first kappa shape index (κ1) is 25.9. The Morgan fingerprint density at radius 1 is 1.11 bits per heavy atom. The van der Waals surface area contributed by atoms with Crippen molar-refractivity contribution in [3.05, 3.63) is 76.4 Å². The van der Waals surface area contributed by atoms with E-state index in [0.29, 0.717) is 19.8 Å². The Bertz CT molecular complexity index is 1370. The van der Waals surface area contributed by atoms with Crippen molar-refractivity contribution in [2.45, 2.75) is 53.4 Å². The van der Waals surface area contributed by atoms with E-state index in [1.165, 1.54) is 12.1 Å². The second-order valence-corrected chi connectivity index (χ2v) is 9.13. The molecule has 0 fully saturated rings. The summed E-state index contributed by atoms with van der Waals surface area (Å²) in [5.74, 6) is 1.62. The number of hydrogen-bond acceptors (Lipinski definition) is 5. The van der Waals surface area contributed by atoms with Gasteiger partial charge in [0.05, 0.1) is 31.7 Å². The van der Waals surface area contributed by atoms with Crippen LogP contribution in [0.25, 0.3) is 16.8 Å². The predicted molar refractivity (Wildman–Crippen MR) is 143 cm³/mol. The second-order valence-electron chi connectivity index (χ2n) is 9.13. The lowest BCUT2D eigenvalue weighted by Gasteiger charge is -2.27. The summed E-state index contributed by atoms with van der Waals surface area (Å²) < 4.78 is 26.8. The molecule has 1 aliphatic heterocycles. The minimum absolute atomic E-state index is 0. The zero-order valence-corrected chi connectivity index (χ0v) is 22.0. The van der Waals surface area contributed by atoms with Crippen LogP contribution in [-0.2, 0) is 24.5 Å². The molecule has 2 aromatic heterocycles.